The predicted octanol–water partition coefficient (Wildman–Crippen LogP) is 4.32. The number of aryl methyl sites for hydroxylation is 1. The molecule has 2 heterocycles. The van der Waals surface area contributed by atoms with Crippen LogP contribution in [0.5, 0.6) is 5.75 Å². The second kappa shape index (κ2) is 13.1. The van der Waals surface area contributed by atoms with Crippen LogP contribution in [0.1, 0.15) is 36.8 Å². The minimum atomic E-state index is -0.232. The highest BCUT2D eigenvalue weighted by Gasteiger charge is 2.22. The summed E-state index contributed by atoms with van der Waals surface area (Å²) in [5, 5.41) is 2.73. The van der Waals surface area contributed by atoms with Gasteiger partial charge in [-0.2, -0.15) is 0 Å². The van der Waals surface area contributed by atoms with Crippen molar-refractivity contribution in [3.8, 4) is 5.75 Å². The maximum absolute atomic E-state index is 12.5. The van der Waals surface area contributed by atoms with Crippen molar-refractivity contribution < 1.29 is 15.8 Å². The monoisotopic (exact) mass is 476 g/mol. The molecule has 1 aromatic heterocycles. The number of carbonyl (C=O) groups is 2. The average Bonchev–Trinajstić information content (AvgIpc) is 2.92. The first-order chi connectivity index (χ1) is 17.1. The number of anilines is 1. The standard InChI is InChI=1S/C26H28N4O3.C2H6.H2/c1-20-6-5-9-22(16-20)26(32)28-18-25(31)30-14-12-29(13-15-30)24-11-10-23(17-27-24)33-19-21-7-3-2-4-8-21;1-2;/h2-11,16-17H,12-15,18-19H2,1H3,(H,28,32);1-2H3;1H. The molecule has 3 aromatic rings. The lowest BCUT2D eigenvalue weighted by molar-refractivity contribution is -0.130. The van der Waals surface area contributed by atoms with Crippen LogP contribution in [0.15, 0.2) is 72.9 Å². The van der Waals surface area contributed by atoms with Gasteiger partial charge in [0.15, 0.2) is 0 Å². The predicted molar refractivity (Wildman–Crippen MR) is 141 cm³/mol. The molecular weight excluding hydrogens is 440 g/mol. The van der Waals surface area contributed by atoms with Gasteiger partial charge in [0, 0.05) is 33.2 Å². The third kappa shape index (κ3) is 7.57. The molecule has 7 heteroatoms. The van der Waals surface area contributed by atoms with E-state index in [1.54, 1.807) is 17.2 Å². The fourth-order valence-corrected chi connectivity index (χ4v) is 3.73. The molecule has 1 N–H and O–H groups in total. The Labute approximate surface area is 209 Å². The number of piperazine rings is 1. The molecule has 0 saturated carbocycles. The number of ether oxygens (including phenoxy) is 1. The molecule has 186 valence electrons. The molecule has 7 nitrogen and oxygen atoms in total. The number of rotatable bonds is 7. The second-order valence-corrected chi connectivity index (χ2v) is 8.05. The van der Waals surface area contributed by atoms with Gasteiger partial charge in [-0.15, -0.1) is 0 Å². The highest BCUT2D eigenvalue weighted by molar-refractivity contribution is 5.96. The highest BCUT2D eigenvalue weighted by atomic mass is 16.5. The van der Waals surface area contributed by atoms with Crippen molar-refractivity contribution >= 4 is 17.6 Å². The molecule has 0 spiro atoms. The zero-order chi connectivity index (χ0) is 25.0. The molecule has 4 rings (SSSR count). The summed E-state index contributed by atoms with van der Waals surface area (Å²) in [5.74, 6) is 1.28. The fraction of sp³-hybridized carbons (Fsp3) is 0.321. The molecule has 1 fully saturated rings. The van der Waals surface area contributed by atoms with Gasteiger partial charge in [0.2, 0.25) is 5.91 Å². The van der Waals surface area contributed by atoms with Crippen molar-refractivity contribution in [2.24, 2.45) is 0 Å². The van der Waals surface area contributed by atoms with Crippen LogP contribution in [-0.2, 0) is 11.4 Å². The smallest absolute Gasteiger partial charge is 0.251 e. The number of pyridine rings is 1. The van der Waals surface area contributed by atoms with E-state index in [-0.39, 0.29) is 19.8 Å². The average molecular weight is 477 g/mol. The van der Waals surface area contributed by atoms with E-state index in [0.29, 0.717) is 38.3 Å². The van der Waals surface area contributed by atoms with Crippen LogP contribution in [0.25, 0.3) is 0 Å². The van der Waals surface area contributed by atoms with E-state index in [1.165, 1.54) is 0 Å². The molecule has 1 saturated heterocycles. The fourth-order valence-electron chi connectivity index (χ4n) is 3.73. The Morgan fingerprint density at radius 2 is 1.71 bits per heavy atom. The van der Waals surface area contributed by atoms with Crippen LogP contribution in [0.3, 0.4) is 0 Å². The van der Waals surface area contributed by atoms with Crippen molar-refractivity contribution in [2.75, 3.05) is 37.6 Å². The summed E-state index contributed by atoms with van der Waals surface area (Å²) in [6, 6.07) is 21.2. The van der Waals surface area contributed by atoms with E-state index in [4.69, 9.17) is 4.74 Å². The number of hydrogen-bond acceptors (Lipinski definition) is 5. The third-order valence-electron chi connectivity index (χ3n) is 5.61. The maximum Gasteiger partial charge on any atom is 0.251 e. The molecular formula is C28H36N4O3. The quantitative estimate of drug-likeness (QED) is 0.550. The van der Waals surface area contributed by atoms with E-state index >= 15 is 0 Å². The van der Waals surface area contributed by atoms with Crippen LogP contribution in [0.4, 0.5) is 5.82 Å². The Hall–Kier alpha value is -3.87. The van der Waals surface area contributed by atoms with Gasteiger partial charge >= 0.3 is 0 Å². The lowest BCUT2D eigenvalue weighted by atomic mass is 10.1. The Bertz CT molecular complexity index is 1090. The molecule has 2 amide bonds. The summed E-state index contributed by atoms with van der Waals surface area (Å²) in [5.41, 5.74) is 2.68. The zero-order valence-corrected chi connectivity index (χ0v) is 20.7. The number of amides is 2. The zero-order valence-electron chi connectivity index (χ0n) is 20.7. The van der Waals surface area contributed by atoms with Crippen molar-refractivity contribution in [2.45, 2.75) is 27.4 Å². The minimum absolute atomic E-state index is 0. The summed E-state index contributed by atoms with van der Waals surface area (Å²) in [6.45, 7) is 8.99. The van der Waals surface area contributed by atoms with Gasteiger partial charge in [0.1, 0.15) is 18.2 Å². The van der Waals surface area contributed by atoms with E-state index in [2.05, 4.69) is 15.2 Å². The molecule has 0 aliphatic carbocycles. The number of hydrogen-bond donors (Lipinski definition) is 1. The summed E-state index contributed by atoms with van der Waals surface area (Å²) in [6.07, 6.45) is 1.73. The highest BCUT2D eigenvalue weighted by Crippen LogP contribution is 2.18. The molecule has 0 atom stereocenters. The second-order valence-electron chi connectivity index (χ2n) is 8.05. The lowest BCUT2D eigenvalue weighted by Gasteiger charge is -2.35. The molecule has 35 heavy (non-hydrogen) atoms. The number of nitrogens with zero attached hydrogens (tertiary/aromatic N) is 3. The topological polar surface area (TPSA) is 74.8 Å². The molecule has 1 aliphatic heterocycles. The SMILES string of the molecule is CC.Cc1cccc(C(=O)NCC(=O)N2CCN(c3ccc(OCc4ccccc4)cn3)CC2)c1.[HH]. The molecule has 0 radical (unpaired) electrons. The van der Waals surface area contributed by atoms with Crippen LogP contribution >= 0.6 is 0 Å². The Kier molecular flexibility index (Phi) is 9.66. The largest absolute Gasteiger partial charge is 0.487 e. The summed E-state index contributed by atoms with van der Waals surface area (Å²) >= 11 is 0. The van der Waals surface area contributed by atoms with Gasteiger partial charge < -0.3 is 19.9 Å². The first-order valence-electron chi connectivity index (χ1n) is 12.1. The number of aromatic nitrogens is 1. The lowest BCUT2D eigenvalue weighted by Crippen LogP contribution is -2.51. The van der Waals surface area contributed by atoms with Gasteiger partial charge in [0.25, 0.3) is 5.91 Å². The van der Waals surface area contributed by atoms with Gasteiger partial charge in [-0.05, 0) is 36.8 Å². The number of nitrogens with one attached hydrogen (secondary N) is 1. The minimum Gasteiger partial charge on any atom is -0.487 e. The van der Waals surface area contributed by atoms with Crippen molar-refractivity contribution in [1.82, 2.24) is 15.2 Å². The van der Waals surface area contributed by atoms with Crippen LogP contribution in [0.2, 0.25) is 0 Å². The first kappa shape index (κ1) is 25.7. The number of benzene rings is 2. The summed E-state index contributed by atoms with van der Waals surface area (Å²) in [4.78, 5) is 33.3. The molecule has 2 aromatic carbocycles. The van der Waals surface area contributed by atoms with E-state index < -0.39 is 0 Å². The van der Waals surface area contributed by atoms with Crippen LogP contribution in [-0.4, -0.2) is 54.4 Å². The number of carbonyl (C=O) groups excluding carboxylic acids is 2. The van der Waals surface area contributed by atoms with E-state index in [9.17, 15) is 9.59 Å². The van der Waals surface area contributed by atoms with Crippen molar-refractivity contribution in [3.63, 3.8) is 0 Å². The van der Waals surface area contributed by atoms with Gasteiger partial charge in [-0.3, -0.25) is 9.59 Å². The Morgan fingerprint density at radius 3 is 2.37 bits per heavy atom. The maximum atomic E-state index is 12.5. The summed E-state index contributed by atoms with van der Waals surface area (Å²) < 4.78 is 5.80. The van der Waals surface area contributed by atoms with Gasteiger partial charge in [-0.25, -0.2) is 4.98 Å². The normalized spacial score (nSPS) is 12.9. The molecule has 0 unspecified atom stereocenters. The van der Waals surface area contributed by atoms with Gasteiger partial charge in [0.05, 0.1) is 12.7 Å². The van der Waals surface area contributed by atoms with Crippen molar-refractivity contribution in [1.29, 1.82) is 0 Å². The summed E-state index contributed by atoms with van der Waals surface area (Å²) in [7, 11) is 0. The van der Waals surface area contributed by atoms with Crippen LogP contribution < -0.4 is 15.0 Å². The molecule has 1 aliphatic rings. The van der Waals surface area contributed by atoms with Crippen LogP contribution in [0, 0.1) is 6.92 Å². The van der Waals surface area contributed by atoms with E-state index in [1.807, 2.05) is 81.4 Å². The Balaban J connectivity index is 0.00000148. The van der Waals surface area contributed by atoms with Crippen molar-refractivity contribution in [3.05, 3.63) is 89.6 Å². The van der Waals surface area contributed by atoms with Gasteiger partial charge in [-0.1, -0.05) is 61.9 Å². The first-order valence-corrected chi connectivity index (χ1v) is 12.1. The third-order valence-corrected chi connectivity index (χ3v) is 5.61. The van der Waals surface area contributed by atoms with E-state index in [0.717, 1.165) is 22.7 Å². The Morgan fingerprint density at radius 1 is 0.971 bits per heavy atom. The molecule has 0 bridgehead atoms.